The summed E-state index contributed by atoms with van der Waals surface area (Å²) in [6, 6.07) is 6.63. The zero-order valence-electron chi connectivity index (χ0n) is 10.7. The number of rotatable bonds is 3. The maximum atomic E-state index is 9.68. The van der Waals surface area contributed by atoms with Gasteiger partial charge in [-0.2, -0.15) is 0 Å². The van der Waals surface area contributed by atoms with Gasteiger partial charge in [-0.25, -0.2) is 0 Å². The van der Waals surface area contributed by atoms with E-state index in [1.807, 2.05) is 0 Å². The van der Waals surface area contributed by atoms with Gasteiger partial charge in [0.15, 0.2) is 0 Å². The van der Waals surface area contributed by atoms with E-state index in [2.05, 4.69) is 42.3 Å². The molecular formula is C14H22N2O. The third-order valence-corrected chi connectivity index (χ3v) is 3.56. The second-order valence-electron chi connectivity index (χ2n) is 4.84. The highest BCUT2D eigenvalue weighted by atomic mass is 16.3. The summed E-state index contributed by atoms with van der Waals surface area (Å²) in [5, 5.41) is 13.0. The number of benzene rings is 1. The lowest BCUT2D eigenvalue weighted by atomic mass is 9.98. The largest absolute Gasteiger partial charge is 0.394 e. The zero-order chi connectivity index (χ0) is 12.3. The van der Waals surface area contributed by atoms with Gasteiger partial charge in [-0.3, -0.25) is 4.90 Å². The van der Waals surface area contributed by atoms with Gasteiger partial charge in [-0.1, -0.05) is 23.8 Å². The Morgan fingerprint density at radius 3 is 2.65 bits per heavy atom. The molecule has 0 unspecified atom stereocenters. The summed E-state index contributed by atoms with van der Waals surface area (Å²) >= 11 is 0. The summed E-state index contributed by atoms with van der Waals surface area (Å²) in [6.45, 7) is 8.49. The van der Waals surface area contributed by atoms with Crippen molar-refractivity contribution in [1.29, 1.82) is 0 Å². The number of piperazine rings is 1. The van der Waals surface area contributed by atoms with E-state index in [-0.39, 0.29) is 12.6 Å². The fourth-order valence-corrected chi connectivity index (χ4v) is 2.52. The van der Waals surface area contributed by atoms with Crippen LogP contribution in [0.5, 0.6) is 0 Å². The third-order valence-electron chi connectivity index (χ3n) is 3.56. The Morgan fingerprint density at radius 2 is 2.00 bits per heavy atom. The highest BCUT2D eigenvalue weighted by Crippen LogP contribution is 2.24. The molecule has 17 heavy (non-hydrogen) atoms. The standard InChI is InChI=1S/C14H22N2O/c1-11-3-4-12(2)13(9-11)14(10-17)16-7-5-15-6-8-16/h3-4,9,14-15,17H,5-8,10H2,1-2H3/t14-/m1/s1. The van der Waals surface area contributed by atoms with Gasteiger partial charge in [-0.05, 0) is 25.0 Å². The Labute approximate surface area is 103 Å². The van der Waals surface area contributed by atoms with Crippen LogP contribution in [0, 0.1) is 13.8 Å². The maximum Gasteiger partial charge on any atom is 0.0628 e. The molecule has 0 amide bonds. The van der Waals surface area contributed by atoms with E-state index in [1.165, 1.54) is 16.7 Å². The van der Waals surface area contributed by atoms with Crippen LogP contribution >= 0.6 is 0 Å². The molecule has 1 aromatic rings. The molecule has 1 aliphatic heterocycles. The minimum Gasteiger partial charge on any atom is -0.394 e. The molecular weight excluding hydrogens is 212 g/mol. The number of aliphatic hydroxyl groups excluding tert-OH is 1. The van der Waals surface area contributed by atoms with Crippen molar-refractivity contribution < 1.29 is 5.11 Å². The molecule has 0 radical (unpaired) electrons. The van der Waals surface area contributed by atoms with Gasteiger partial charge in [-0.15, -0.1) is 0 Å². The summed E-state index contributed by atoms with van der Waals surface area (Å²) in [7, 11) is 0. The van der Waals surface area contributed by atoms with E-state index in [4.69, 9.17) is 0 Å². The van der Waals surface area contributed by atoms with Gasteiger partial charge in [0.25, 0.3) is 0 Å². The first-order chi connectivity index (χ1) is 8.22. The minimum absolute atomic E-state index is 0.150. The normalized spacial score (nSPS) is 19.2. The molecule has 1 aliphatic rings. The van der Waals surface area contributed by atoms with Gasteiger partial charge < -0.3 is 10.4 Å². The zero-order valence-corrected chi connectivity index (χ0v) is 10.7. The first kappa shape index (κ1) is 12.6. The van der Waals surface area contributed by atoms with E-state index in [1.54, 1.807) is 0 Å². The molecule has 1 aromatic carbocycles. The number of hydrogen-bond donors (Lipinski definition) is 2. The van der Waals surface area contributed by atoms with Crippen molar-refractivity contribution in [3.8, 4) is 0 Å². The Bertz CT molecular complexity index is 372. The van der Waals surface area contributed by atoms with Crippen LogP contribution in [0.4, 0.5) is 0 Å². The predicted octanol–water partition coefficient (Wildman–Crippen LogP) is 1.24. The molecule has 3 heteroatoms. The van der Waals surface area contributed by atoms with E-state index in [0.717, 1.165) is 26.2 Å². The van der Waals surface area contributed by atoms with Gasteiger partial charge >= 0.3 is 0 Å². The number of nitrogens with zero attached hydrogens (tertiary/aromatic N) is 1. The molecule has 3 nitrogen and oxygen atoms in total. The summed E-state index contributed by atoms with van der Waals surface area (Å²) in [5.41, 5.74) is 3.81. The van der Waals surface area contributed by atoms with Crippen LogP contribution in [0.2, 0.25) is 0 Å². The minimum atomic E-state index is 0.150. The van der Waals surface area contributed by atoms with Crippen LogP contribution in [0.1, 0.15) is 22.7 Å². The lowest BCUT2D eigenvalue weighted by molar-refractivity contribution is 0.110. The van der Waals surface area contributed by atoms with E-state index < -0.39 is 0 Å². The van der Waals surface area contributed by atoms with Crippen LogP contribution in [-0.2, 0) is 0 Å². The van der Waals surface area contributed by atoms with Gasteiger partial charge in [0.05, 0.1) is 12.6 Å². The molecule has 0 aromatic heterocycles. The van der Waals surface area contributed by atoms with Gasteiger partial charge in [0.1, 0.15) is 0 Å². The predicted molar refractivity (Wildman–Crippen MR) is 70.2 cm³/mol. The van der Waals surface area contributed by atoms with Crippen molar-refractivity contribution >= 4 is 0 Å². The van der Waals surface area contributed by atoms with Crippen LogP contribution in [-0.4, -0.2) is 42.8 Å². The summed E-state index contributed by atoms with van der Waals surface area (Å²) < 4.78 is 0. The molecule has 0 spiro atoms. The van der Waals surface area contributed by atoms with Crippen molar-refractivity contribution in [2.75, 3.05) is 32.8 Å². The van der Waals surface area contributed by atoms with Crippen LogP contribution in [0.15, 0.2) is 18.2 Å². The third kappa shape index (κ3) is 2.86. The Kier molecular flexibility index (Phi) is 4.15. The van der Waals surface area contributed by atoms with Gasteiger partial charge in [0, 0.05) is 26.2 Å². The molecule has 2 rings (SSSR count). The van der Waals surface area contributed by atoms with Crippen molar-refractivity contribution in [3.63, 3.8) is 0 Å². The van der Waals surface area contributed by atoms with Crippen LogP contribution < -0.4 is 5.32 Å². The average Bonchev–Trinajstić information content (AvgIpc) is 2.36. The number of aliphatic hydroxyl groups is 1. The number of hydrogen-bond acceptors (Lipinski definition) is 3. The molecule has 2 N–H and O–H groups in total. The molecule has 0 bridgehead atoms. The van der Waals surface area contributed by atoms with Crippen molar-refractivity contribution in [2.24, 2.45) is 0 Å². The first-order valence-electron chi connectivity index (χ1n) is 6.35. The van der Waals surface area contributed by atoms with Gasteiger partial charge in [0.2, 0.25) is 0 Å². The van der Waals surface area contributed by atoms with E-state index >= 15 is 0 Å². The Morgan fingerprint density at radius 1 is 1.29 bits per heavy atom. The maximum absolute atomic E-state index is 9.68. The lowest BCUT2D eigenvalue weighted by Crippen LogP contribution is -2.46. The molecule has 0 aliphatic carbocycles. The summed E-state index contributed by atoms with van der Waals surface area (Å²) in [5.74, 6) is 0. The molecule has 0 saturated carbocycles. The average molecular weight is 234 g/mol. The smallest absolute Gasteiger partial charge is 0.0628 e. The first-order valence-corrected chi connectivity index (χ1v) is 6.35. The van der Waals surface area contributed by atoms with Crippen LogP contribution in [0.3, 0.4) is 0 Å². The molecule has 1 fully saturated rings. The highest BCUT2D eigenvalue weighted by Gasteiger charge is 2.22. The second-order valence-corrected chi connectivity index (χ2v) is 4.84. The van der Waals surface area contributed by atoms with E-state index in [9.17, 15) is 5.11 Å². The van der Waals surface area contributed by atoms with Crippen molar-refractivity contribution in [3.05, 3.63) is 34.9 Å². The lowest BCUT2D eigenvalue weighted by Gasteiger charge is -2.35. The SMILES string of the molecule is Cc1ccc(C)c([C@@H](CO)N2CCNCC2)c1. The van der Waals surface area contributed by atoms with Crippen molar-refractivity contribution in [1.82, 2.24) is 10.2 Å². The summed E-state index contributed by atoms with van der Waals surface area (Å²) in [4.78, 5) is 2.37. The summed E-state index contributed by atoms with van der Waals surface area (Å²) in [6.07, 6.45) is 0. The fourth-order valence-electron chi connectivity index (χ4n) is 2.52. The second kappa shape index (κ2) is 5.63. The molecule has 1 saturated heterocycles. The number of aryl methyl sites for hydroxylation is 2. The monoisotopic (exact) mass is 234 g/mol. The number of nitrogens with one attached hydrogen (secondary N) is 1. The van der Waals surface area contributed by atoms with E-state index in [0.29, 0.717) is 0 Å². The molecule has 94 valence electrons. The molecule has 1 atom stereocenters. The quantitative estimate of drug-likeness (QED) is 0.826. The van der Waals surface area contributed by atoms with Crippen LogP contribution in [0.25, 0.3) is 0 Å². The topological polar surface area (TPSA) is 35.5 Å². The molecule has 1 heterocycles. The van der Waals surface area contributed by atoms with Crippen molar-refractivity contribution in [2.45, 2.75) is 19.9 Å². The fraction of sp³-hybridized carbons (Fsp3) is 0.571. The Balaban J connectivity index is 2.24. The highest BCUT2D eigenvalue weighted by molar-refractivity contribution is 5.33. The Hall–Kier alpha value is -0.900.